The van der Waals surface area contributed by atoms with Crippen molar-refractivity contribution in [3.8, 4) is 33.4 Å². The van der Waals surface area contributed by atoms with Crippen LogP contribution in [0.3, 0.4) is 0 Å². The van der Waals surface area contributed by atoms with Crippen LogP contribution in [-0.2, 0) is 0 Å². The minimum absolute atomic E-state index is 0.248. The van der Waals surface area contributed by atoms with Crippen molar-refractivity contribution >= 4 is 11.4 Å². The molecule has 0 fully saturated rings. The van der Waals surface area contributed by atoms with Crippen molar-refractivity contribution in [2.45, 2.75) is 0 Å². The summed E-state index contributed by atoms with van der Waals surface area (Å²) >= 11 is 0. The zero-order chi connectivity index (χ0) is 18.8. The highest BCUT2D eigenvalue weighted by Gasteiger charge is 2.08. The van der Waals surface area contributed by atoms with Crippen LogP contribution in [0.4, 0.5) is 15.8 Å². The highest BCUT2D eigenvalue weighted by atomic mass is 19.1. The van der Waals surface area contributed by atoms with E-state index in [0.717, 1.165) is 33.4 Å². The number of rotatable bonds is 3. The summed E-state index contributed by atoms with van der Waals surface area (Å²) in [7, 11) is 0. The van der Waals surface area contributed by atoms with Gasteiger partial charge in [0.15, 0.2) is 0 Å². The van der Waals surface area contributed by atoms with Gasteiger partial charge in [0.25, 0.3) is 0 Å². The van der Waals surface area contributed by atoms with Crippen molar-refractivity contribution in [3.63, 3.8) is 0 Å². The van der Waals surface area contributed by atoms with Gasteiger partial charge in [0, 0.05) is 11.4 Å². The highest BCUT2D eigenvalue weighted by Crippen LogP contribution is 2.34. The lowest BCUT2D eigenvalue weighted by Crippen LogP contribution is -1.89. The normalized spacial score (nSPS) is 10.7. The van der Waals surface area contributed by atoms with Crippen LogP contribution in [0.25, 0.3) is 33.4 Å². The van der Waals surface area contributed by atoms with Crippen LogP contribution < -0.4 is 11.5 Å². The first-order valence-corrected chi connectivity index (χ1v) is 8.71. The second kappa shape index (κ2) is 6.96. The summed E-state index contributed by atoms with van der Waals surface area (Å²) in [6, 6.07) is 28.4. The molecule has 0 spiro atoms. The Morgan fingerprint density at radius 1 is 0.444 bits per heavy atom. The molecule has 0 bridgehead atoms. The molecular weight excluding hydrogens is 335 g/mol. The second-order valence-corrected chi connectivity index (χ2v) is 6.56. The molecule has 4 aromatic carbocycles. The third-order valence-corrected chi connectivity index (χ3v) is 4.55. The average molecular weight is 354 g/mol. The van der Waals surface area contributed by atoms with Crippen LogP contribution in [0.5, 0.6) is 0 Å². The fourth-order valence-electron chi connectivity index (χ4n) is 3.21. The maximum absolute atomic E-state index is 13.4. The van der Waals surface area contributed by atoms with Crippen molar-refractivity contribution in [3.05, 3.63) is 96.8 Å². The van der Waals surface area contributed by atoms with Crippen LogP contribution >= 0.6 is 0 Å². The molecule has 4 aromatic rings. The summed E-state index contributed by atoms with van der Waals surface area (Å²) < 4.78 is 13.4. The molecule has 0 aliphatic heterocycles. The van der Waals surface area contributed by atoms with E-state index in [1.807, 2.05) is 48.5 Å². The molecule has 132 valence electrons. The van der Waals surface area contributed by atoms with E-state index in [9.17, 15) is 4.39 Å². The lowest BCUT2D eigenvalue weighted by molar-refractivity contribution is 0.628. The first-order chi connectivity index (χ1) is 13.1. The molecule has 0 radical (unpaired) electrons. The predicted octanol–water partition coefficient (Wildman–Crippen LogP) is 5.99. The zero-order valence-corrected chi connectivity index (χ0v) is 14.7. The summed E-state index contributed by atoms with van der Waals surface area (Å²) in [5, 5.41) is 0. The number of nitrogen functional groups attached to an aromatic ring is 2. The molecule has 0 amide bonds. The first-order valence-electron chi connectivity index (χ1n) is 8.71. The predicted molar refractivity (Wildman–Crippen MR) is 112 cm³/mol. The Labute approximate surface area is 157 Å². The summed E-state index contributed by atoms with van der Waals surface area (Å²) in [5.41, 5.74) is 19.5. The van der Waals surface area contributed by atoms with E-state index in [-0.39, 0.29) is 5.82 Å². The first kappa shape index (κ1) is 16.9. The van der Waals surface area contributed by atoms with E-state index in [2.05, 4.69) is 18.2 Å². The van der Waals surface area contributed by atoms with Crippen LogP contribution in [0, 0.1) is 5.82 Å². The van der Waals surface area contributed by atoms with Crippen molar-refractivity contribution in [2.75, 3.05) is 11.5 Å². The van der Waals surface area contributed by atoms with Crippen LogP contribution in [0.1, 0.15) is 0 Å². The number of halogens is 1. The van der Waals surface area contributed by atoms with E-state index in [1.54, 1.807) is 12.1 Å². The fourth-order valence-corrected chi connectivity index (χ4v) is 3.21. The summed E-state index contributed by atoms with van der Waals surface area (Å²) in [6.07, 6.45) is 0. The Hall–Kier alpha value is -3.59. The van der Waals surface area contributed by atoms with E-state index in [1.165, 1.54) is 12.1 Å². The smallest absolute Gasteiger partial charge is 0.123 e. The van der Waals surface area contributed by atoms with Crippen molar-refractivity contribution < 1.29 is 4.39 Å². The molecule has 3 heteroatoms. The van der Waals surface area contributed by atoms with Gasteiger partial charge in [0.05, 0.1) is 0 Å². The minimum Gasteiger partial charge on any atom is -0.399 e. The van der Waals surface area contributed by atoms with Gasteiger partial charge >= 0.3 is 0 Å². The van der Waals surface area contributed by atoms with E-state index in [0.29, 0.717) is 11.4 Å². The molecule has 27 heavy (non-hydrogen) atoms. The van der Waals surface area contributed by atoms with Crippen LogP contribution in [0.2, 0.25) is 0 Å². The maximum Gasteiger partial charge on any atom is 0.123 e. The molecule has 0 saturated heterocycles. The minimum atomic E-state index is -0.248. The standard InChI is InChI=1S/C24H19FN2/c25-22-9-7-16(8-10-22)19-11-20(17-3-1-5-23(26)14-17)13-21(12-19)18-4-2-6-24(27)15-18/h1-15H,26-27H2. The number of nitrogens with two attached hydrogens (primary N) is 2. The molecular formula is C24H19FN2. The number of hydrogen-bond donors (Lipinski definition) is 2. The lowest BCUT2D eigenvalue weighted by Gasteiger charge is -2.12. The molecule has 2 nitrogen and oxygen atoms in total. The summed E-state index contributed by atoms with van der Waals surface area (Å²) in [6.45, 7) is 0. The van der Waals surface area contributed by atoms with Crippen molar-refractivity contribution in [2.24, 2.45) is 0 Å². The van der Waals surface area contributed by atoms with Gasteiger partial charge in [0.1, 0.15) is 5.82 Å². The van der Waals surface area contributed by atoms with Gasteiger partial charge in [-0.25, -0.2) is 4.39 Å². The molecule has 4 rings (SSSR count). The average Bonchev–Trinajstić information content (AvgIpc) is 2.68. The second-order valence-electron chi connectivity index (χ2n) is 6.56. The summed E-state index contributed by atoms with van der Waals surface area (Å²) in [4.78, 5) is 0. The Morgan fingerprint density at radius 2 is 0.889 bits per heavy atom. The molecule has 0 aromatic heterocycles. The monoisotopic (exact) mass is 354 g/mol. The lowest BCUT2D eigenvalue weighted by atomic mass is 9.93. The van der Waals surface area contributed by atoms with Gasteiger partial charge in [-0.05, 0) is 88.0 Å². The molecule has 4 N–H and O–H groups in total. The van der Waals surface area contributed by atoms with Gasteiger partial charge in [-0.2, -0.15) is 0 Å². The van der Waals surface area contributed by atoms with Gasteiger partial charge < -0.3 is 11.5 Å². The maximum atomic E-state index is 13.4. The highest BCUT2D eigenvalue weighted by molar-refractivity contribution is 5.82. The molecule has 0 aliphatic carbocycles. The Kier molecular flexibility index (Phi) is 4.35. The van der Waals surface area contributed by atoms with Gasteiger partial charge in [-0.15, -0.1) is 0 Å². The van der Waals surface area contributed by atoms with Crippen LogP contribution in [0.15, 0.2) is 91.0 Å². The molecule has 0 saturated carbocycles. The van der Waals surface area contributed by atoms with E-state index >= 15 is 0 Å². The quantitative estimate of drug-likeness (QED) is 0.444. The third-order valence-electron chi connectivity index (χ3n) is 4.55. The third kappa shape index (κ3) is 3.67. The SMILES string of the molecule is Nc1cccc(-c2cc(-c3ccc(F)cc3)cc(-c3cccc(N)c3)c2)c1. The number of anilines is 2. The van der Waals surface area contributed by atoms with Gasteiger partial charge in [-0.3, -0.25) is 0 Å². The topological polar surface area (TPSA) is 52.0 Å². The molecule has 0 atom stereocenters. The molecule has 0 unspecified atom stereocenters. The Bertz CT molecular complexity index is 1040. The number of hydrogen-bond acceptors (Lipinski definition) is 2. The molecule has 0 aliphatic rings. The fraction of sp³-hybridized carbons (Fsp3) is 0. The van der Waals surface area contributed by atoms with E-state index < -0.39 is 0 Å². The van der Waals surface area contributed by atoms with Gasteiger partial charge in [0.2, 0.25) is 0 Å². The largest absolute Gasteiger partial charge is 0.399 e. The van der Waals surface area contributed by atoms with Crippen LogP contribution in [-0.4, -0.2) is 0 Å². The van der Waals surface area contributed by atoms with E-state index in [4.69, 9.17) is 11.5 Å². The summed E-state index contributed by atoms with van der Waals surface area (Å²) in [5.74, 6) is -0.248. The molecule has 0 heterocycles. The Morgan fingerprint density at radius 3 is 1.33 bits per heavy atom. The Balaban J connectivity index is 1.92. The number of benzene rings is 4. The van der Waals surface area contributed by atoms with Gasteiger partial charge in [-0.1, -0.05) is 36.4 Å². The zero-order valence-electron chi connectivity index (χ0n) is 14.7. The van der Waals surface area contributed by atoms with Crippen molar-refractivity contribution in [1.82, 2.24) is 0 Å². The van der Waals surface area contributed by atoms with Crippen molar-refractivity contribution in [1.29, 1.82) is 0 Å².